The first kappa shape index (κ1) is 15.0. The number of likely N-dealkylation sites (N-methyl/N-ethyl adjacent to an activating group) is 1. The number of rotatable bonds is 2. The highest BCUT2D eigenvalue weighted by atomic mass is 19.1. The van der Waals surface area contributed by atoms with Gasteiger partial charge in [-0.15, -0.1) is 0 Å². The number of hydrogen-bond donors (Lipinski definition) is 0. The minimum atomic E-state index is -0.414. The van der Waals surface area contributed by atoms with E-state index >= 15 is 0 Å². The van der Waals surface area contributed by atoms with Gasteiger partial charge in [0.05, 0.1) is 5.39 Å². The van der Waals surface area contributed by atoms with Crippen LogP contribution in [0.15, 0.2) is 17.1 Å². The van der Waals surface area contributed by atoms with Crippen LogP contribution in [-0.2, 0) is 6.54 Å². The fourth-order valence-electron chi connectivity index (χ4n) is 2.90. The van der Waals surface area contributed by atoms with Gasteiger partial charge in [0, 0.05) is 44.5 Å². The van der Waals surface area contributed by atoms with Crippen LogP contribution in [0.4, 0.5) is 10.2 Å². The van der Waals surface area contributed by atoms with E-state index in [1.54, 1.807) is 13.1 Å². The number of piperazine rings is 1. The summed E-state index contributed by atoms with van der Waals surface area (Å²) in [6, 6.07) is 1.34. The smallest absolute Gasteiger partial charge is 0.194 e. The molecule has 1 fully saturated rings. The number of hydrogen-bond acceptors (Lipinski definition) is 4. The second kappa shape index (κ2) is 5.68. The van der Waals surface area contributed by atoms with Crippen LogP contribution in [0.2, 0.25) is 0 Å². The highest BCUT2D eigenvalue weighted by molar-refractivity contribution is 5.78. The third-order valence-corrected chi connectivity index (χ3v) is 4.31. The summed E-state index contributed by atoms with van der Waals surface area (Å²) in [5, 5.41) is 0.359. The van der Waals surface area contributed by atoms with E-state index in [2.05, 4.69) is 16.9 Å². The molecule has 1 aliphatic heterocycles. The van der Waals surface area contributed by atoms with Crippen molar-refractivity contribution in [2.45, 2.75) is 20.4 Å². The molecule has 3 rings (SSSR count). The van der Waals surface area contributed by atoms with Gasteiger partial charge < -0.3 is 14.4 Å². The van der Waals surface area contributed by atoms with Crippen molar-refractivity contribution in [1.82, 2.24) is 14.5 Å². The van der Waals surface area contributed by atoms with E-state index in [4.69, 9.17) is 0 Å². The molecule has 0 atom stereocenters. The van der Waals surface area contributed by atoms with Crippen LogP contribution >= 0.6 is 0 Å². The number of aromatic nitrogens is 2. The van der Waals surface area contributed by atoms with Crippen LogP contribution in [0.3, 0.4) is 0 Å². The number of aryl methyl sites for hydroxylation is 2. The molecule has 22 heavy (non-hydrogen) atoms. The zero-order chi connectivity index (χ0) is 15.9. The van der Waals surface area contributed by atoms with E-state index < -0.39 is 5.82 Å². The fourth-order valence-corrected chi connectivity index (χ4v) is 2.90. The van der Waals surface area contributed by atoms with E-state index in [1.165, 1.54) is 6.07 Å². The number of fused-ring (bicyclic) bond motifs is 1. The van der Waals surface area contributed by atoms with Crippen molar-refractivity contribution >= 4 is 16.9 Å². The van der Waals surface area contributed by atoms with E-state index in [0.717, 1.165) is 26.2 Å². The van der Waals surface area contributed by atoms with Gasteiger partial charge in [0.2, 0.25) is 0 Å². The third-order valence-electron chi connectivity index (χ3n) is 4.31. The first-order valence-corrected chi connectivity index (χ1v) is 7.65. The molecular weight excluding hydrogens is 283 g/mol. The van der Waals surface area contributed by atoms with Crippen LogP contribution in [0.25, 0.3) is 11.0 Å². The standard InChI is InChI=1S/C16H21FN4O/c1-4-20-10-11(2)14(22)12-9-13(17)16(18-15(12)20)21-7-5-19(3)6-8-21/h9-10H,4-8H2,1-3H3. The Hall–Kier alpha value is -1.95. The molecule has 1 aliphatic rings. The predicted molar refractivity (Wildman–Crippen MR) is 86.1 cm³/mol. The van der Waals surface area contributed by atoms with Crippen molar-refractivity contribution < 1.29 is 4.39 Å². The van der Waals surface area contributed by atoms with Gasteiger partial charge in [-0.25, -0.2) is 9.37 Å². The van der Waals surface area contributed by atoms with Gasteiger partial charge in [0.1, 0.15) is 5.65 Å². The zero-order valence-electron chi connectivity index (χ0n) is 13.3. The Labute approximate surface area is 129 Å². The molecule has 1 saturated heterocycles. The minimum absolute atomic E-state index is 0.143. The van der Waals surface area contributed by atoms with Crippen LogP contribution in [-0.4, -0.2) is 47.7 Å². The molecule has 0 amide bonds. The molecule has 3 heterocycles. The number of nitrogens with zero attached hydrogens (tertiary/aromatic N) is 4. The van der Waals surface area contributed by atoms with E-state index in [-0.39, 0.29) is 5.43 Å². The quantitative estimate of drug-likeness (QED) is 0.845. The maximum Gasteiger partial charge on any atom is 0.194 e. The Kier molecular flexibility index (Phi) is 3.87. The van der Waals surface area contributed by atoms with Crippen molar-refractivity contribution in [1.29, 1.82) is 0 Å². The average Bonchev–Trinajstić information content (AvgIpc) is 2.51. The molecule has 0 N–H and O–H groups in total. The molecule has 0 radical (unpaired) electrons. The van der Waals surface area contributed by atoms with Crippen LogP contribution < -0.4 is 10.3 Å². The van der Waals surface area contributed by atoms with Crippen LogP contribution in [0.5, 0.6) is 0 Å². The molecule has 118 valence electrons. The van der Waals surface area contributed by atoms with Gasteiger partial charge in [0.15, 0.2) is 17.1 Å². The maximum atomic E-state index is 14.5. The van der Waals surface area contributed by atoms with Crippen LogP contribution in [0.1, 0.15) is 12.5 Å². The topological polar surface area (TPSA) is 41.4 Å². The Morgan fingerprint density at radius 2 is 1.95 bits per heavy atom. The van der Waals surface area contributed by atoms with Crippen molar-refractivity contribution in [3.05, 3.63) is 33.9 Å². The lowest BCUT2D eigenvalue weighted by molar-refractivity contribution is 0.311. The van der Waals surface area contributed by atoms with Gasteiger partial charge >= 0.3 is 0 Å². The molecule has 0 aliphatic carbocycles. The maximum absolute atomic E-state index is 14.5. The Morgan fingerprint density at radius 1 is 1.27 bits per heavy atom. The fraction of sp³-hybridized carbons (Fsp3) is 0.500. The minimum Gasteiger partial charge on any atom is -0.352 e. The van der Waals surface area contributed by atoms with Crippen molar-refractivity contribution in [2.75, 3.05) is 38.1 Å². The van der Waals surface area contributed by atoms with Crippen molar-refractivity contribution in [3.63, 3.8) is 0 Å². The zero-order valence-corrected chi connectivity index (χ0v) is 13.3. The lowest BCUT2D eigenvalue weighted by Gasteiger charge is -2.33. The third kappa shape index (κ3) is 2.47. The first-order valence-electron chi connectivity index (χ1n) is 7.65. The number of pyridine rings is 2. The first-order chi connectivity index (χ1) is 10.5. The van der Waals surface area contributed by atoms with Crippen molar-refractivity contribution in [3.8, 4) is 0 Å². The van der Waals surface area contributed by atoms with Gasteiger partial charge in [-0.3, -0.25) is 4.79 Å². The second-order valence-electron chi connectivity index (χ2n) is 5.88. The monoisotopic (exact) mass is 304 g/mol. The Balaban J connectivity index is 2.15. The highest BCUT2D eigenvalue weighted by Gasteiger charge is 2.20. The SMILES string of the molecule is CCn1cc(C)c(=O)c2cc(F)c(N3CCN(C)CC3)nc21. The lowest BCUT2D eigenvalue weighted by Crippen LogP contribution is -2.45. The van der Waals surface area contributed by atoms with Gasteiger partial charge in [0.25, 0.3) is 0 Å². The molecule has 6 heteroatoms. The molecule has 0 bridgehead atoms. The normalized spacial score (nSPS) is 16.5. The largest absolute Gasteiger partial charge is 0.352 e. The van der Waals surface area contributed by atoms with Gasteiger partial charge in [-0.05, 0) is 27.0 Å². The molecule has 0 spiro atoms. The predicted octanol–water partition coefficient (Wildman–Crippen LogP) is 1.62. The molecular formula is C16H21FN4O. The molecule has 0 unspecified atom stereocenters. The summed E-state index contributed by atoms with van der Waals surface area (Å²) in [5.41, 5.74) is 1.03. The molecule has 0 saturated carbocycles. The summed E-state index contributed by atoms with van der Waals surface area (Å²) in [6.07, 6.45) is 1.79. The summed E-state index contributed by atoms with van der Waals surface area (Å²) < 4.78 is 16.4. The van der Waals surface area contributed by atoms with E-state index in [0.29, 0.717) is 29.0 Å². The summed E-state index contributed by atoms with van der Waals surface area (Å²) >= 11 is 0. The lowest BCUT2D eigenvalue weighted by atomic mass is 10.2. The second-order valence-corrected chi connectivity index (χ2v) is 5.88. The molecule has 0 aromatic carbocycles. The number of halogens is 1. The Bertz CT molecular complexity index is 763. The van der Waals surface area contributed by atoms with Crippen molar-refractivity contribution in [2.24, 2.45) is 0 Å². The molecule has 5 nitrogen and oxygen atoms in total. The van der Waals surface area contributed by atoms with Crippen LogP contribution in [0, 0.1) is 12.7 Å². The van der Waals surface area contributed by atoms with Gasteiger partial charge in [-0.2, -0.15) is 0 Å². The summed E-state index contributed by atoms with van der Waals surface area (Å²) in [4.78, 5) is 20.9. The van der Waals surface area contributed by atoms with Gasteiger partial charge in [-0.1, -0.05) is 0 Å². The average molecular weight is 304 g/mol. The van der Waals surface area contributed by atoms with E-state index in [9.17, 15) is 9.18 Å². The summed E-state index contributed by atoms with van der Waals surface area (Å²) in [7, 11) is 2.05. The Morgan fingerprint density at radius 3 is 2.59 bits per heavy atom. The molecule has 2 aromatic heterocycles. The summed E-state index contributed by atoms with van der Waals surface area (Å²) in [5.74, 6) is -0.0616. The number of anilines is 1. The molecule has 2 aromatic rings. The summed E-state index contributed by atoms with van der Waals surface area (Å²) in [6.45, 7) is 7.69. The van der Waals surface area contributed by atoms with E-state index in [1.807, 2.05) is 16.4 Å². The highest BCUT2D eigenvalue weighted by Crippen LogP contribution is 2.22.